The highest BCUT2D eigenvalue weighted by molar-refractivity contribution is 7.22. The van der Waals surface area contributed by atoms with Crippen LogP contribution in [0.25, 0.3) is 63.8 Å². The Morgan fingerprint density at radius 3 is 0.823 bits per heavy atom. The van der Waals surface area contributed by atoms with Gasteiger partial charge in [-0.05, 0) is 144 Å². The van der Waals surface area contributed by atoms with E-state index < -0.39 is 0 Å². The van der Waals surface area contributed by atoms with E-state index in [-0.39, 0.29) is 0 Å². The predicted molar refractivity (Wildman–Crippen MR) is 264 cm³/mol. The van der Waals surface area contributed by atoms with Crippen molar-refractivity contribution in [2.45, 2.75) is 0 Å². The molecule has 0 spiro atoms. The Bertz CT molecular complexity index is 2960. The average Bonchev–Trinajstić information content (AvgIpc) is 3.99. The van der Waals surface area contributed by atoms with E-state index in [4.69, 9.17) is 9.97 Å². The van der Waals surface area contributed by atoms with Crippen molar-refractivity contribution in [3.63, 3.8) is 0 Å². The highest BCUT2D eigenvalue weighted by Crippen LogP contribution is 2.40. The molecule has 2 aromatic heterocycles. The number of rotatable bonds is 10. The van der Waals surface area contributed by atoms with E-state index in [1.807, 2.05) is 12.1 Å². The summed E-state index contributed by atoms with van der Waals surface area (Å²) in [4.78, 5) is 14.4. The molecule has 0 N–H and O–H groups in total. The van der Waals surface area contributed by atoms with E-state index in [2.05, 4.69) is 228 Å². The highest BCUT2D eigenvalue weighted by Gasteiger charge is 2.16. The summed E-state index contributed by atoms with van der Waals surface area (Å²) in [6.45, 7) is 0. The van der Waals surface area contributed by atoms with E-state index in [9.17, 15) is 0 Å². The minimum atomic E-state index is 1.03. The van der Waals surface area contributed by atoms with Gasteiger partial charge >= 0.3 is 0 Å². The molecule has 9 aromatic carbocycles. The van der Waals surface area contributed by atoms with E-state index in [1.165, 1.54) is 31.7 Å². The van der Waals surface area contributed by atoms with Crippen molar-refractivity contribution in [3.05, 3.63) is 231 Å². The lowest BCUT2D eigenvalue weighted by molar-refractivity contribution is 1.28. The number of thiazole rings is 2. The second-order valence-electron chi connectivity index (χ2n) is 15.1. The summed E-state index contributed by atoms with van der Waals surface area (Å²) in [7, 11) is 0. The first-order valence-corrected chi connectivity index (χ1v) is 22.3. The van der Waals surface area contributed by atoms with Gasteiger partial charge in [-0.2, -0.15) is 0 Å². The van der Waals surface area contributed by atoms with E-state index >= 15 is 0 Å². The van der Waals surface area contributed by atoms with Crippen molar-refractivity contribution in [3.8, 4) is 43.4 Å². The molecule has 0 amide bonds. The molecule has 0 saturated carbocycles. The third-order valence-corrected chi connectivity index (χ3v) is 13.3. The normalized spacial score (nSPS) is 11.2. The minimum Gasteiger partial charge on any atom is -0.311 e. The molecule has 0 radical (unpaired) electrons. The zero-order valence-corrected chi connectivity index (χ0v) is 35.2. The van der Waals surface area contributed by atoms with Gasteiger partial charge < -0.3 is 9.80 Å². The van der Waals surface area contributed by atoms with Gasteiger partial charge in [-0.25, -0.2) is 9.97 Å². The van der Waals surface area contributed by atoms with Crippen LogP contribution in [0.3, 0.4) is 0 Å². The standard InChI is InChI=1S/C56H38N4S2/c1-3-11-45(12-4-1)59(49-35-27-43(28-36-49)55-57-51-15-7-9-17-53(51)61-55)47-31-23-41(24-32-47)39-19-21-40(22-20-39)42-25-33-48(34-26-42)60(46-13-5-2-6-14-46)50-37-29-44(30-38-50)56-58-52-16-8-10-18-54(52)62-56/h1-38H. The molecule has 11 aromatic rings. The molecular formula is C56H38N4S2. The fourth-order valence-corrected chi connectivity index (χ4v) is 9.95. The van der Waals surface area contributed by atoms with Gasteiger partial charge in [-0.3, -0.25) is 0 Å². The first kappa shape index (κ1) is 37.4. The van der Waals surface area contributed by atoms with Crippen LogP contribution in [-0.4, -0.2) is 9.97 Å². The van der Waals surface area contributed by atoms with E-state index in [1.54, 1.807) is 22.7 Å². The number of hydrogen-bond donors (Lipinski definition) is 0. The van der Waals surface area contributed by atoms with Crippen molar-refractivity contribution in [1.82, 2.24) is 9.97 Å². The maximum absolute atomic E-state index is 4.88. The monoisotopic (exact) mass is 830 g/mol. The molecule has 294 valence electrons. The number of fused-ring (bicyclic) bond motifs is 2. The van der Waals surface area contributed by atoms with Gasteiger partial charge in [-0.15, -0.1) is 22.7 Å². The zero-order valence-electron chi connectivity index (χ0n) is 33.5. The first-order chi connectivity index (χ1) is 30.7. The van der Waals surface area contributed by atoms with Crippen LogP contribution in [-0.2, 0) is 0 Å². The lowest BCUT2D eigenvalue weighted by atomic mass is 9.99. The molecule has 0 fully saturated rings. The van der Waals surface area contributed by atoms with Crippen molar-refractivity contribution in [2.24, 2.45) is 0 Å². The number of nitrogens with zero attached hydrogens (tertiary/aromatic N) is 4. The molecule has 4 nitrogen and oxygen atoms in total. The second kappa shape index (κ2) is 16.4. The number of para-hydroxylation sites is 4. The van der Waals surface area contributed by atoms with E-state index in [0.717, 1.165) is 66.3 Å². The number of aromatic nitrogens is 2. The topological polar surface area (TPSA) is 32.3 Å². The summed E-state index contributed by atoms with van der Waals surface area (Å²) in [6, 6.07) is 81.8. The molecular weight excluding hydrogens is 793 g/mol. The Morgan fingerprint density at radius 2 is 0.500 bits per heavy atom. The predicted octanol–water partition coefficient (Wildman–Crippen LogP) is 16.5. The molecule has 0 unspecified atom stereocenters. The van der Waals surface area contributed by atoms with Crippen LogP contribution < -0.4 is 9.80 Å². The van der Waals surface area contributed by atoms with Gasteiger partial charge in [0.05, 0.1) is 20.4 Å². The fourth-order valence-electron chi connectivity index (χ4n) is 8.01. The Morgan fingerprint density at radius 1 is 0.242 bits per heavy atom. The molecule has 0 aliphatic carbocycles. The molecule has 0 saturated heterocycles. The van der Waals surface area contributed by atoms with Gasteiger partial charge in [0, 0.05) is 45.3 Å². The van der Waals surface area contributed by atoms with Gasteiger partial charge in [0.15, 0.2) is 0 Å². The summed E-state index contributed by atoms with van der Waals surface area (Å²) < 4.78 is 2.40. The van der Waals surface area contributed by atoms with Crippen molar-refractivity contribution >= 4 is 77.2 Å². The minimum absolute atomic E-state index is 1.03. The summed E-state index contributed by atoms with van der Waals surface area (Å²) in [5.74, 6) is 0. The van der Waals surface area contributed by atoms with Crippen molar-refractivity contribution in [2.75, 3.05) is 9.80 Å². The maximum atomic E-state index is 4.88. The molecule has 11 rings (SSSR count). The smallest absolute Gasteiger partial charge is 0.124 e. The van der Waals surface area contributed by atoms with Gasteiger partial charge in [0.25, 0.3) is 0 Å². The summed E-state index contributed by atoms with van der Waals surface area (Å²) in [6.07, 6.45) is 0. The SMILES string of the molecule is c1ccc(N(c2ccc(-c3ccc(-c4ccc(N(c5ccccc5)c5ccc(-c6nc7ccccc7s6)cc5)cc4)cc3)cc2)c2ccc(-c3nc4ccccc4s3)cc2)cc1. The van der Waals surface area contributed by atoms with Crippen LogP contribution in [0.5, 0.6) is 0 Å². The summed E-state index contributed by atoms with van der Waals surface area (Å²) in [5.41, 5.74) is 15.6. The molecule has 0 aliphatic heterocycles. The highest BCUT2D eigenvalue weighted by atomic mass is 32.1. The lowest BCUT2D eigenvalue weighted by Gasteiger charge is -2.26. The fraction of sp³-hybridized carbons (Fsp3) is 0. The molecule has 62 heavy (non-hydrogen) atoms. The largest absolute Gasteiger partial charge is 0.311 e. The molecule has 0 atom stereocenters. The quantitative estimate of drug-likeness (QED) is 0.137. The Kier molecular flexibility index (Phi) is 9.90. The average molecular weight is 831 g/mol. The second-order valence-corrected chi connectivity index (χ2v) is 17.1. The third-order valence-electron chi connectivity index (χ3n) is 11.2. The Labute approximate surface area is 368 Å². The number of hydrogen-bond acceptors (Lipinski definition) is 6. The maximum Gasteiger partial charge on any atom is 0.124 e. The van der Waals surface area contributed by atoms with Gasteiger partial charge in [0.1, 0.15) is 10.0 Å². The lowest BCUT2D eigenvalue weighted by Crippen LogP contribution is -2.09. The molecule has 6 heteroatoms. The summed E-state index contributed by atoms with van der Waals surface area (Å²) in [5, 5.41) is 2.07. The Balaban J connectivity index is 0.825. The number of anilines is 6. The molecule has 2 heterocycles. The molecule has 0 bridgehead atoms. The van der Waals surface area contributed by atoms with Crippen LogP contribution in [0.4, 0.5) is 34.1 Å². The third kappa shape index (κ3) is 7.43. The van der Waals surface area contributed by atoms with Crippen molar-refractivity contribution < 1.29 is 0 Å². The van der Waals surface area contributed by atoms with Crippen LogP contribution in [0.1, 0.15) is 0 Å². The van der Waals surface area contributed by atoms with Crippen LogP contribution in [0.2, 0.25) is 0 Å². The van der Waals surface area contributed by atoms with Crippen molar-refractivity contribution in [1.29, 1.82) is 0 Å². The first-order valence-electron chi connectivity index (χ1n) is 20.6. The van der Waals surface area contributed by atoms with E-state index in [0.29, 0.717) is 0 Å². The van der Waals surface area contributed by atoms with Crippen LogP contribution >= 0.6 is 22.7 Å². The van der Waals surface area contributed by atoms with Gasteiger partial charge in [0.2, 0.25) is 0 Å². The van der Waals surface area contributed by atoms with Crippen LogP contribution in [0.15, 0.2) is 231 Å². The summed E-state index contributed by atoms with van der Waals surface area (Å²) >= 11 is 3.46. The number of benzene rings is 9. The zero-order chi connectivity index (χ0) is 41.2. The molecule has 0 aliphatic rings. The Hall–Kier alpha value is -7.64. The van der Waals surface area contributed by atoms with Gasteiger partial charge in [-0.1, -0.05) is 109 Å². The van der Waals surface area contributed by atoms with Crippen LogP contribution in [0, 0.1) is 0 Å².